The van der Waals surface area contributed by atoms with Gasteiger partial charge in [-0.05, 0) is 34.7 Å². The van der Waals surface area contributed by atoms with Crippen LogP contribution in [0, 0.1) is 0 Å². The average molecular weight is 378 g/mol. The van der Waals surface area contributed by atoms with Crippen molar-refractivity contribution >= 4 is 29.2 Å². The number of thiophene rings is 1. The van der Waals surface area contributed by atoms with Crippen LogP contribution in [0.2, 0.25) is 0 Å². The molecule has 1 aliphatic rings. The topological polar surface area (TPSA) is 128 Å². The van der Waals surface area contributed by atoms with Gasteiger partial charge in [0, 0.05) is 6.04 Å². The second-order valence-electron chi connectivity index (χ2n) is 5.82. The predicted molar refractivity (Wildman–Crippen MR) is 90.9 cm³/mol. The van der Waals surface area contributed by atoms with Gasteiger partial charge in [0.1, 0.15) is 11.2 Å². The molecule has 0 bridgehead atoms. The van der Waals surface area contributed by atoms with Crippen molar-refractivity contribution in [2.45, 2.75) is 38.1 Å². The monoisotopic (exact) mass is 378 g/mol. The largest absolute Gasteiger partial charge is 0.451 e. The molecule has 138 valence electrons. The molecule has 1 aliphatic carbocycles. The molecule has 0 atom stereocenters. The summed E-state index contributed by atoms with van der Waals surface area (Å²) in [6.45, 7) is -0.552. The maximum absolute atomic E-state index is 12.2. The van der Waals surface area contributed by atoms with Gasteiger partial charge in [-0.15, -0.1) is 16.4 Å². The lowest BCUT2D eigenvalue weighted by molar-refractivity contribution is -0.123. The van der Waals surface area contributed by atoms with Gasteiger partial charge in [0.2, 0.25) is 0 Å². The molecule has 11 heteroatoms. The van der Waals surface area contributed by atoms with Crippen LogP contribution in [0.1, 0.15) is 41.8 Å². The van der Waals surface area contributed by atoms with Crippen LogP contribution in [0.4, 0.5) is 4.79 Å². The molecule has 0 aromatic carbocycles. The van der Waals surface area contributed by atoms with Crippen LogP contribution in [0.25, 0.3) is 5.69 Å². The molecule has 0 aliphatic heterocycles. The van der Waals surface area contributed by atoms with Crippen molar-refractivity contribution in [3.8, 4) is 5.69 Å². The number of hydrogen-bond acceptors (Lipinski definition) is 8. The number of nitrogens with one attached hydrogen (secondary N) is 2. The number of urea groups is 1. The number of imide groups is 1. The van der Waals surface area contributed by atoms with Gasteiger partial charge in [-0.1, -0.05) is 19.3 Å². The summed E-state index contributed by atoms with van der Waals surface area (Å²) >= 11 is 1.14. The first-order chi connectivity index (χ1) is 12.6. The first-order valence-electron chi connectivity index (χ1n) is 8.22. The maximum atomic E-state index is 12.2. The number of esters is 1. The zero-order chi connectivity index (χ0) is 18.4. The van der Waals surface area contributed by atoms with E-state index in [9.17, 15) is 14.4 Å². The van der Waals surface area contributed by atoms with Gasteiger partial charge in [0.15, 0.2) is 6.61 Å². The minimum absolute atomic E-state index is 0.0871. The summed E-state index contributed by atoms with van der Waals surface area (Å²) in [7, 11) is 0. The standard InChI is InChI=1S/C15H18N6O4S/c22-12(18-15(24)17-10-4-2-1-3-5-10)8-25-14(23)13-11(6-7-26-13)21-9-16-19-20-21/h6-7,9-10H,1-5,8H2,(H2,17,18,22,24). The quantitative estimate of drug-likeness (QED) is 0.744. The molecule has 3 amide bonds. The van der Waals surface area contributed by atoms with E-state index in [-0.39, 0.29) is 10.9 Å². The maximum Gasteiger partial charge on any atom is 0.351 e. The Labute approximate surface area is 152 Å². The molecule has 1 fully saturated rings. The van der Waals surface area contributed by atoms with Crippen molar-refractivity contribution in [3.63, 3.8) is 0 Å². The number of nitrogens with zero attached hydrogens (tertiary/aromatic N) is 4. The van der Waals surface area contributed by atoms with Crippen molar-refractivity contribution in [2.24, 2.45) is 0 Å². The van der Waals surface area contributed by atoms with Gasteiger partial charge in [-0.25, -0.2) is 9.59 Å². The summed E-state index contributed by atoms with van der Waals surface area (Å²) < 4.78 is 6.30. The predicted octanol–water partition coefficient (Wildman–Crippen LogP) is 1.04. The Hall–Kier alpha value is -2.82. The fourth-order valence-electron chi connectivity index (χ4n) is 2.74. The molecule has 1 saturated carbocycles. The van der Waals surface area contributed by atoms with E-state index in [1.54, 1.807) is 11.4 Å². The second kappa shape index (κ2) is 8.52. The number of carbonyl (C=O) groups excluding carboxylic acids is 3. The van der Waals surface area contributed by atoms with E-state index < -0.39 is 24.5 Å². The molecule has 2 heterocycles. The third-order valence-corrected chi connectivity index (χ3v) is 4.84. The van der Waals surface area contributed by atoms with E-state index in [4.69, 9.17) is 4.74 Å². The van der Waals surface area contributed by atoms with E-state index in [0.717, 1.165) is 37.0 Å². The fraction of sp³-hybridized carbons (Fsp3) is 0.467. The number of carbonyl (C=O) groups is 3. The van der Waals surface area contributed by atoms with E-state index in [0.29, 0.717) is 5.69 Å². The molecular formula is C15H18N6O4S. The Morgan fingerprint density at radius 3 is 2.81 bits per heavy atom. The SMILES string of the molecule is O=C(COC(=O)c1sccc1-n1cnnn1)NC(=O)NC1CCCCC1. The van der Waals surface area contributed by atoms with E-state index >= 15 is 0 Å². The molecule has 3 rings (SSSR count). The highest BCUT2D eigenvalue weighted by Gasteiger charge is 2.20. The number of amides is 3. The summed E-state index contributed by atoms with van der Waals surface area (Å²) in [5.41, 5.74) is 0.459. The lowest BCUT2D eigenvalue weighted by Gasteiger charge is -2.22. The molecular weight excluding hydrogens is 360 g/mol. The minimum atomic E-state index is -0.688. The molecule has 0 radical (unpaired) electrons. The average Bonchev–Trinajstić information content (AvgIpc) is 3.31. The number of aromatic nitrogens is 4. The van der Waals surface area contributed by atoms with Gasteiger partial charge in [0.05, 0.1) is 5.69 Å². The molecule has 0 spiro atoms. The van der Waals surface area contributed by atoms with Crippen LogP contribution in [-0.2, 0) is 9.53 Å². The van der Waals surface area contributed by atoms with Gasteiger partial charge in [0.25, 0.3) is 5.91 Å². The van der Waals surface area contributed by atoms with Crippen molar-refractivity contribution in [1.29, 1.82) is 0 Å². The molecule has 0 unspecified atom stereocenters. The smallest absolute Gasteiger partial charge is 0.351 e. The zero-order valence-corrected chi connectivity index (χ0v) is 14.7. The first-order valence-corrected chi connectivity index (χ1v) is 9.10. The molecule has 2 N–H and O–H groups in total. The number of ether oxygens (including phenoxy) is 1. The number of tetrazole rings is 1. The first kappa shape index (κ1) is 18.0. The van der Waals surface area contributed by atoms with Crippen LogP contribution < -0.4 is 10.6 Å². The summed E-state index contributed by atoms with van der Waals surface area (Å²) in [5, 5.41) is 17.3. The summed E-state index contributed by atoms with van der Waals surface area (Å²) in [6, 6.07) is 1.18. The van der Waals surface area contributed by atoms with Crippen molar-refractivity contribution < 1.29 is 19.1 Å². The van der Waals surface area contributed by atoms with E-state index in [1.165, 1.54) is 17.4 Å². The van der Waals surface area contributed by atoms with Crippen LogP contribution in [0.3, 0.4) is 0 Å². The van der Waals surface area contributed by atoms with Gasteiger partial charge in [-0.2, -0.15) is 4.68 Å². The molecule has 10 nitrogen and oxygen atoms in total. The van der Waals surface area contributed by atoms with Gasteiger partial charge < -0.3 is 10.1 Å². The second-order valence-corrected chi connectivity index (χ2v) is 6.74. The Morgan fingerprint density at radius 1 is 1.27 bits per heavy atom. The summed E-state index contributed by atoms with van der Waals surface area (Å²) in [4.78, 5) is 36.0. The van der Waals surface area contributed by atoms with Crippen LogP contribution >= 0.6 is 11.3 Å². The Morgan fingerprint density at radius 2 is 2.08 bits per heavy atom. The van der Waals surface area contributed by atoms with Crippen molar-refractivity contribution in [2.75, 3.05) is 6.61 Å². The lowest BCUT2D eigenvalue weighted by Crippen LogP contribution is -2.46. The van der Waals surface area contributed by atoms with Crippen molar-refractivity contribution in [1.82, 2.24) is 30.8 Å². The molecule has 2 aromatic rings. The summed E-state index contributed by atoms with van der Waals surface area (Å²) in [6.07, 6.45) is 6.48. The Balaban J connectivity index is 1.46. The molecule has 0 saturated heterocycles. The highest BCUT2D eigenvalue weighted by molar-refractivity contribution is 7.12. The Kier molecular flexibility index (Phi) is 5.89. The fourth-order valence-corrected chi connectivity index (χ4v) is 3.51. The molecule has 26 heavy (non-hydrogen) atoms. The van der Waals surface area contributed by atoms with E-state index in [2.05, 4.69) is 26.2 Å². The number of hydrogen-bond donors (Lipinski definition) is 2. The lowest BCUT2D eigenvalue weighted by atomic mass is 9.96. The van der Waals surface area contributed by atoms with Crippen LogP contribution in [0.15, 0.2) is 17.8 Å². The van der Waals surface area contributed by atoms with Crippen LogP contribution in [0.5, 0.6) is 0 Å². The summed E-state index contributed by atoms with van der Waals surface area (Å²) in [5.74, 6) is -1.37. The van der Waals surface area contributed by atoms with E-state index in [1.807, 2.05) is 0 Å². The minimum Gasteiger partial charge on any atom is -0.451 e. The number of rotatable bonds is 5. The molecule has 2 aromatic heterocycles. The normalized spacial score (nSPS) is 14.6. The third-order valence-electron chi connectivity index (χ3n) is 3.95. The van der Waals surface area contributed by atoms with Crippen LogP contribution in [-0.4, -0.2) is 50.8 Å². The Bertz CT molecular complexity index is 769. The zero-order valence-electron chi connectivity index (χ0n) is 13.9. The van der Waals surface area contributed by atoms with Gasteiger partial charge >= 0.3 is 12.0 Å². The third kappa shape index (κ3) is 4.63. The highest BCUT2D eigenvalue weighted by Crippen LogP contribution is 2.21. The van der Waals surface area contributed by atoms with Crippen molar-refractivity contribution in [3.05, 3.63) is 22.7 Å². The van der Waals surface area contributed by atoms with Gasteiger partial charge in [-0.3, -0.25) is 10.1 Å². The highest BCUT2D eigenvalue weighted by atomic mass is 32.1.